The van der Waals surface area contributed by atoms with E-state index in [0.717, 1.165) is 5.69 Å². The van der Waals surface area contributed by atoms with Crippen LogP contribution in [0.2, 0.25) is 0 Å². The van der Waals surface area contributed by atoms with Crippen LogP contribution in [-0.2, 0) is 22.1 Å². The minimum absolute atomic E-state index is 0.211. The molecule has 2 rings (SSSR count). The van der Waals surface area contributed by atoms with Crippen LogP contribution in [0.15, 0.2) is 6.07 Å². The molecule has 9 heteroatoms. The van der Waals surface area contributed by atoms with Gasteiger partial charge in [0.25, 0.3) is 0 Å². The highest BCUT2D eigenvalue weighted by Crippen LogP contribution is 2.21. The standard InChI is InChI=1S/C11H18N4O4S/c1-8-7-10(14(2)12-8)13-20(18,19)15-5-3-9(4-6-15)11(16)17/h7,9,13H,3-6H2,1-2H3,(H,16,17). The Kier molecular flexibility index (Phi) is 4.00. The van der Waals surface area contributed by atoms with Crippen LogP contribution in [0.1, 0.15) is 18.5 Å². The van der Waals surface area contributed by atoms with E-state index in [1.807, 2.05) is 0 Å². The van der Waals surface area contributed by atoms with E-state index in [0.29, 0.717) is 18.7 Å². The topological polar surface area (TPSA) is 105 Å². The highest BCUT2D eigenvalue weighted by molar-refractivity contribution is 7.90. The fourth-order valence-electron chi connectivity index (χ4n) is 2.25. The van der Waals surface area contributed by atoms with Crippen molar-refractivity contribution in [2.75, 3.05) is 17.8 Å². The van der Waals surface area contributed by atoms with Gasteiger partial charge in [-0.1, -0.05) is 0 Å². The number of anilines is 1. The number of nitrogens with zero attached hydrogens (tertiary/aromatic N) is 3. The molecule has 0 spiro atoms. The van der Waals surface area contributed by atoms with Crippen LogP contribution in [0.3, 0.4) is 0 Å². The molecule has 2 N–H and O–H groups in total. The Labute approximate surface area is 117 Å². The average Bonchev–Trinajstić information content (AvgIpc) is 2.67. The lowest BCUT2D eigenvalue weighted by Gasteiger charge is -2.29. The van der Waals surface area contributed by atoms with E-state index in [-0.39, 0.29) is 13.1 Å². The minimum atomic E-state index is -3.67. The summed E-state index contributed by atoms with van der Waals surface area (Å²) in [5, 5.41) is 13.0. The van der Waals surface area contributed by atoms with Crippen LogP contribution in [0.25, 0.3) is 0 Å². The summed E-state index contributed by atoms with van der Waals surface area (Å²) in [6.45, 7) is 2.20. The van der Waals surface area contributed by atoms with Gasteiger partial charge in [-0.15, -0.1) is 0 Å². The number of aliphatic carboxylic acids is 1. The van der Waals surface area contributed by atoms with E-state index in [2.05, 4.69) is 9.82 Å². The van der Waals surface area contributed by atoms with E-state index < -0.39 is 22.1 Å². The highest BCUT2D eigenvalue weighted by Gasteiger charge is 2.31. The largest absolute Gasteiger partial charge is 0.481 e. The molecule has 0 saturated carbocycles. The number of rotatable bonds is 4. The quantitative estimate of drug-likeness (QED) is 0.825. The molecule has 1 fully saturated rings. The number of piperidine rings is 1. The molecule has 0 radical (unpaired) electrons. The van der Waals surface area contributed by atoms with Crippen molar-refractivity contribution in [3.05, 3.63) is 11.8 Å². The number of carbonyl (C=O) groups is 1. The Bertz CT molecular complexity index is 602. The lowest BCUT2D eigenvalue weighted by Crippen LogP contribution is -2.43. The van der Waals surface area contributed by atoms with Crippen molar-refractivity contribution >= 4 is 22.0 Å². The fraction of sp³-hybridized carbons (Fsp3) is 0.636. The summed E-state index contributed by atoms with van der Waals surface area (Å²) in [6, 6.07) is 1.64. The second-order valence-corrected chi connectivity index (χ2v) is 6.58. The second-order valence-electron chi connectivity index (χ2n) is 4.91. The van der Waals surface area contributed by atoms with Gasteiger partial charge in [-0.05, 0) is 19.8 Å². The Morgan fingerprint density at radius 3 is 2.50 bits per heavy atom. The molecule has 1 aliphatic rings. The highest BCUT2D eigenvalue weighted by atomic mass is 32.2. The summed E-state index contributed by atoms with van der Waals surface area (Å²) in [5.41, 5.74) is 0.717. The van der Waals surface area contributed by atoms with Gasteiger partial charge < -0.3 is 5.11 Å². The molecule has 0 aromatic carbocycles. The molecule has 0 aliphatic carbocycles. The third-order valence-corrected chi connectivity index (χ3v) is 4.89. The molecule has 20 heavy (non-hydrogen) atoms. The summed E-state index contributed by atoms with van der Waals surface area (Å²) in [4.78, 5) is 10.9. The number of nitrogens with one attached hydrogen (secondary N) is 1. The first-order chi connectivity index (χ1) is 9.29. The molecule has 1 aliphatic heterocycles. The molecular weight excluding hydrogens is 284 g/mol. The summed E-state index contributed by atoms with van der Waals surface area (Å²) in [7, 11) is -2.01. The van der Waals surface area contributed by atoms with Crippen LogP contribution in [0.5, 0.6) is 0 Å². The molecule has 8 nitrogen and oxygen atoms in total. The maximum absolute atomic E-state index is 12.2. The van der Waals surface area contributed by atoms with Crippen LogP contribution < -0.4 is 4.72 Å². The number of carboxylic acid groups (broad SMARTS) is 1. The van der Waals surface area contributed by atoms with Gasteiger partial charge in [0.1, 0.15) is 5.82 Å². The molecule has 1 aromatic rings. The molecule has 2 heterocycles. The van der Waals surface area contributed by atoms with E-state index in [9.17, 15) is 13.2 Å². The Morgan fingerprint density at radius 2 is 2.05 bits per heavy atom. The molecule has 0 amide bonds. The van der Waals surface area contributed by atoms with E-state index in [1.54, 1.807) is 20.0 Å². The first-order valence-electron chi connectivity index (χ1n) is 6.31. The fourth-order valence-corrected chi connectivity index (χ4v) is 3.52. The van der Waals surface area contributed by atoms with Crippen molar-refractivity contribution in [3.63, 3.8) is 0 Å². The first kappa shape index (κ1) is 14.8. The van der Waals surface area contributed by atoms with Gasteiger partial charge in [0.05, 0.1) is 11.6 Å². The molecule has 1 aromatic heterocycles. The summed E-state index contributed by atoms with van der Waals surface area (Å²) < 4.78 is 29.6. The normalized spacial score (nSPS) is 18.1. The van der Waals surface area contributed by atoms with E-state index in [4.69, 9.17) is 5.11 Å². The zero-order valence-corrected chi connectivity index (χ0v) is 12.2. The van der Waals surface area contributed by atoms with Crippen LogP contribution in [-0.4, -0.2) is 46.7 Å². The maximum Gasteiger partial charge on any atom is 0.306 e. The van der Waals surface area contributed by atoms with Gasteiger partial charge in [0.15, 0.2) is 0 Å². The molecule has 0 bridgehead atoms. The molecule has 1 saturated heterocycles. The van der Waals surface area contributed by atoms with Gasteiger partial charge >= 0.3 is 16.2 Å². The summed E-state index contributed by atoms with van der Waals surface area (Å²) in [5.74, 6) is -0.930. The zero-order valence-electron chi connectivity index (χ0n) is 11.4. The lowest BCUT2D eigenvalue weighted by atomic mass is 9.99. The van der Waals surface area contributed by atoms with Crippen molar-refractivity contribution in [3.8, 4) is 0 Å². The number of aromatic nitrogens is 2. The van der Waals surface area contributed by atoms with Gasteiger partial charge in [-0.2, -0.15) is 17.8 Å². The molecule has 0 unspecified atom stereocenters. The smallest absolute Gasteiger partial charge is 0.306 e. The van der Waals surface area contributed by atoms with Gasteiger partial charge in [-0.25, -0.2) is 0 Å². The van der Waals surface area contributed by atoms with Crippen molar-refractivity contribution in [1.29, 1.82) is 0 Å². The van der Waals surface area contributed by atoms with Crippen LogP contribution in [0.4, 0.5) is 5.82 Å². The Morgan fingerprint density at radius 1 is 1.45 bits per heavy atom. The monoisotopic (exact) mass is 302 g/mol. The Hall–Kier alpha value is -1.61. The minimum Gasteiger partial charge on any atom is -0.481 e. The molecular formula is C11H18N4O4S. The van der Waals surface area contributed by atoms with Crippen molar-refractivity contribution in [2.45, 2.75) is 19.8 Å². The number of carboxylic acids is 1. The third kappa shape index (κ3) is 3.10. The van der Waals surface area contributed by atoms with Crippen molar-refractivity contribution in [1.82, 2.24) is 14.1 Å². The maximum atomic E-state index is 12.2. The SMILES string of the molecule is Cc1cc(NS(=O)(=O)N2CCC(C(=O)O)CC2)n(C)n1. The predicted molar refractivity (Wildman–Crippen MR) is 72.4 cm³/mol. The average molecular weight is 302 g/mol. The summed E-state index contributed by atoms with van der Waals surface area (Å²) in [6.07, 6.45) is 0.668. The van der Waals surface area contributed by atoms with Crippen molar-refractivity contribution < 1.29 is 18.3 Å². The van der Waals surface area contributed by atoms with E-state index in [1.165, 1.54) is 8.99 Å². The lowest BCUT2D eigenvalue weighted by molar-refractivity contribution is -0.142. The first-order valence-corrected chi connectivity index (χ1v) is 7.75. The summed E-state index contributed by atoms with van der Waals surface area (Å²) >= 11 is 0. The molecule has 0 atom stereocenters. The number of hydrogen-bond donors (Lipinski definition) is 2. The third-order valence-electron chi connectivity index (χ3n) is 3.38. The van der Waals surface area contributed by atoms with Crippen molar-refractivity contribution in [2.24, 2.45) is 13.0 Å². The zero-order chi connectivity index (χ0) is 14.9. The van der Waals surface area contributed by atoms with Gasteiger partial charge in [0.2, 0.25) is 0 Å². The number of hydrogen-bond acceptors (Lipinski definition) is 4. The number of aryl methyl sites for hydroxylation is 2. The Balaban J connectivity index is 2.05. The second kappa shape index (κ2) is 5.41. The predicted octanol–water partition coefficient (Wildman–Crippen LogP) is 0.182. The molecule has 112 valence electrons. The van der Waals surface area contributed by atoms with Gasteiger partial charge in [0, 0.05) is 26.2 Å². The van der Waals surface area contributed by atoms with E-state index >= 15 is 0 Å². The van der Waals surface area contributed by atoms with Crippen LogP contribution in [0, 0.1) is 12.8 Å². The van der Waals surface area contributed by atoms with Crippen LogP contribution >= 0.6 is 0 Å². The van der Waals surface area contributed by atoms with Gasteiger partial charge in [-0.3, -0.25) is 14.2 Å².